The van der Waals surface area contributed by atoms with Crippen LogP contribution in [0.4, 0.5) is 0 Å². The van der Waals surface area contributed by atoms with Crippen LogP contribution in [0.3, 0.4) is 0 Å². The number of unbranched alkanes of at least 4 members (excludes halogenated alkanes) is 12. The van der Waals surface area contributed by atoms with Gasteiger partial charge in [0.2, 0.25) is 0 Å². The molecule has 0 aromatic rings. The topological polar surface area (TPSA) is 49.6 Å². The van der Waals surface area contributed by atoms with Gasteiger partial charge < -0.3 is 5.73 Å². The highest BCUT2D eigenvalue weighted by Gasteiger charge is 2.39. The van der Waals surface area contributed by atoms with Gasteiger partial charge in [0.1, 0.15) is 6.04 Å². The van der Waals surface area contributed by atoms with Gasteiger partial charge in [0.15, 0.2) is 0 Å². The first kappa shape index (κ1) is 21.4. The van der Waals surface area contributed by atoms with Crippen molar-refractivity contribution in [3.63, 3.8) is 0 Å². The molecule has 1 fully saturated rings. The average Bonchev–Trinajstić information content (AvgIpc) is 2.76. The minimum absolute atomic E-state index is 0.0530. The Balaban J connectivity index is 1.88. The Kier molecular flexibility index (Phi) is 11.4. The zero-order valence-electron chi connectivity index (χ0n) is 16.4. The molecule has 4 nitrogen and oxygen atoms in total. The first-order valence-electron chi connectivity index (χ1n) is 10.4. The van der Waals surface area contributed by atoms with Crippen molar-refractivity contribution in [2.45, 2.75) is 109 Å². The molecule has 0 bridgehead atoms. The Morgan fingerprint density at radius 3 is 1.58 bits per heavy atom. The molecule has 1 saturated heterocycles. The standard InChI is InChI=1S/C20H41N3O/c1-4-5-6-7-8-9-10-11-12-13-14-15-16-17-18-19(21)20(24)23(3)22(18)2/h18-19H,4-17,21H2,1-3H3/t18-,19+/m0/s1. The summed E-state index contributed by atoms with van der Waals surface area (Å²) in [5, 5.41) is 3.67. The average molecular weight is 340 g/mol. The second kappa shape index (κ2) is 12.7. The molecule has 1 rings (SSSR count). The number of hydrogen-bond donors (Lipinski definition) is 1. The van der Waals surface area contributed by atoms with Gasteiger partial charge >= 0.3 is 0 Å². The molecule has 1 amide bonds. The maximum Gasteiger partial charge on any atom is 0.255 e. The summed E-state index contributed by atoms with van der Waals surface area (Å²) < 4.78 is 0. The molecule has 0 aliphatic carbocycles. The number of amides is 1. The molecule has 4 heteroatoms. The lowest BCUT2D eigenvalue weighted by atomic mass is 10.0. The monoisotopic (exact) mass is 339 g/mol. The fraction of sp³-hybridized carbons (Fsp3) is 0.950. The third kappa shape index (κ3) is 7.52. The summed E-state index contributed by atoms with van der Waals surface area (Å²) in [6.45, 7) is 2.28. The van der Waals surface area contributed by atoms with Crippen LogP contribution in [0.5, 0.6) is 0 Å². The summed E-state index contributed by atoms with van der Waals surface area (Å²) in [5.41, 5.74) is 6.02. The van der Waals surface area contributed by atoms with E-state index in [4.69, 9.17) is 5.73 Å². The van der Waals surface area contributed by atoms with Crippen LogP contribution in [-0.4, -0.2) is 42.1 Å². The lowest BCUT2D eigenvalue weighted by Gasteiger charge is -2.25. The molecule has 0 radical (unpaired) electrons. The third-order valence-corrected chi connectivity index (χ3v) is 5.58. The van der Waals surface area contributed by atoms with Crippen molar-refractivity contribution in [3.05, 3.63) is 0 Å². The van der Waals surface area contributed by atoms with Gasteiger partial charge in [-0.1, -0.05) is 90.4 Å². The largest absolute Gasteiger partial charge is 0.318 e. The maximum atomic E-state index is 11.8. The quantitative estimate of drug-likeness (QED) is 0.475. The van der Waals surface area contributed by atoms with Crippen LogP contribution >= 0.6 is 0 Å². The Labute approximate surface area is 150 Å². The van der Waals surface area contributed by atoms with Crippen molar-refractivity contribution in [1.29, 1.82) is 0 Å². The zero-order chi connectivity index (χ0) is 17.8. The summed E-state index contributed by atoms with van der Waals surface area (Å²) in [5.74, 6) is 0.0530. The van der Waals surface area contributed by atoms with Crippen LogP contribution in [0.25, 0.3) is 0 Å². The molecular weight excluding hydrogens is 298 g/mol. The van der Waals surface area contributed by atoms with Crippen LogP contribution in [0.2, 0.25) is 0 Å². The second-order valence-electron chi connectivity index (χ2n) is 7.56. The SMILES string of the molecule is CCCCCCCCCCCCCCC[C@H]1[C@@H](N)C(=O)N(C)N1C. The van der Waals surface area contributed by atoms with E-state index in [1.165, 1.54) is 83.5 Å². The highest BCUT2D eigenvalue weighted by Crippen LogP contribution is 2.21. The van der Waals surface area contributed by atoms with Gasteiger partial charge in [-0.05, 0) is 6.42 Å². The van der Waals surface area contributed by atoms with Gasteiger partial charge in [-0.15, -0.1) is 0 Å². The molecule has 1 aliphatic rings. The van der Waals surface area contributed by atoms with Crippen molar-refractivity contribution in [2.75, 3.05) is 14.1 Å². The molecule has 2 atom stereocenters. The lowest BCUT2D eigenvalue weighted by molar-refractivity contribution is -0.135. The lowest BCUT2D eigenvalue weighted by Crippen LogP contribution is -2.39. The van der Waals surface area contributed by atoms with E-state index >= 15 is 0 Å². The molecule has 1 heterocycles. The van der Waals surface area contributed by atoms with Crippen molar-refractivity contribution in [1.82, 2.24) is 10.0 Å². The minimum Gasteiger partial charge on any atom is -0.318 e. The first-order chi connectivity index (χ1) is 11.6. The van der Waals surface area contributed by atoms with Gasteiger partial charge in [-0.3, -0.25) is 9.80 Å². The molecule has 0 spiro atoms. The van der Waals surface area contributed by atoms with Gasteiger partial charge in [0.05, 0.1) is 6.04 Å². The number of hydrazine groups is 1. The summed E-state index contributed by atoms with van der Waals surface area (Å²) in [7, 11) is 3.78. The number of carbonyl (C=O) groups excluding carboxylic acids is 1. The Morgan fingerprint density at radius 1 is 0.792 bits per heavy atom. The Morgan fingerprint density at radius 2 is 1.21 bits per heavy atom. The predicted molar refractivity (Wildman–Crippen MR) is 103 cm³/mol. The van der Waals surface area contributed by atoms with E-state index in [9.17, 15) is 4.79 Å². The van der Waals surface area contributed by atoms with Gasteiger partial charge in [-0.2, -0.15) is 0 Å². The third-order valence-electron chi connectivity index (χ3n) is 5.58. The normalized spacial score (nSPS) is 21.8. The smallest absolute Gasteiger partial charge is 0.255 e. The van der Waals surface area contributed by atoms with Crippen LogP contribution in [-0.2, 0) is 4.79 Å². The molecule has 142 valence electrons. The van der Waals surface area contributed by atoms with E-state index in [2.05, 4.69) is 6.92 Å². The van der Waals surface area contributed by atoms with Gasteiger partial charge in [-0.25, -0.2) is 5.01 Å². The minimum atomic E-state index is -0.336. The van der Waals surface area contributed by atoms with Crippen molar-refractivity contribution >= 4 is 5.91 Å². The van der Waals surface area contributed by atoms with E-state index in [0.29, 0.717) is 0 Å². The fourth-order valence-corrected chi connectivity index (χ4v) is 3.73. The zero-order valence-corrected chi connectivity index (χ0v) is 16.4. The van der Waals surface area contributed by atoms with Crippen LogP contribution in [0.15, 0.2) is 0 Å². The molecule has 0 saturated carbocycles. The number of hydrogen-bond acceptors (Lipinski definition) is 3. The number of likely N-dealkylation sites (N-methyl/N-ethyl adjacent to an activating group) is 2. The van der Waals surface area contributed by atoms with Gasteiger partial charge in [0, 0.05) is 14.1 Å². The van der Waals surface area contributed by atoms with E-state index < -0.39 is 0 Å². The van der Waals surface area contributed by atoms with E-state index in [0.717, 1.165) is 6.42 Å². The highest BCUT2D eigenvalue weighted by molar-refractivity contribution is 5.83. The number of rotatable bonds is 14. The van der Waals surface area contributed by atoms with E-state index in [1.54, 1.807) is 5.01 Å². The van der Waals surface area contributed by atoms with E-state index in [1.807, 2.05) is 19.1 Å². The number of carbonyl (C=O) groups is 1. The molecule has 1 aliphatic heterocycles. The maximum absolute atomic E-state index is 11.8. The van der Waals surface area contributed by atoms with Crippen molar-refractivity contribution < 1.29 is 4.79 Å². The van der Waals surface area contributed by atoms with Crippen molar-refractivity contribution in [2.24, 2.45) is 5.73 Å². The van der Waals surface area contributed by atoms with Gasteiger partial charge in [0.25, 0.3) is 5.91 Å². The fourth-order valence-electron chi connectivity index (χ4n) is 3.73. The summed E-state index contributed by atoms with van der Waals surface area (Å²) in [6.07, 6.45) is 18.9. The first-order valence-corrected chi connectivity index (χ1v) is 10.4. The summed E-state index contributed by atoms with van der Waals surface area (Å²) in [6, 6.07) is -0.146. The van der Waals surface area contributed by atoms with Crippen molar-refractivity contribution in [3.8, 4) is 0 Å². The molecule has 0 unspecified atom stereocenters. The molecular formula is C20H41N3O. The Hall–Kier alpha value is -0.610. The molecule has 0 aromatic carbocycles. The predicted octanol–water partition coefficient (Wildman–Crippen LogP) is 4.48. The highest BCUT2D eigenvalue weighted by atomic mass is 16.2. The molecule has 2 N–H and O–H groups in total. The number of nitrogens with two attached hydrogens (primary N) is 1. The molecule has 0 aromatic heterocycles. The Bertz CT molecular complexity index is 335. The van der Waals surface area contributed by atoms with Crippen LogP contribution < -0.4 is 5.73 Å². The second-order valence-corrected chi connectivity index (χ2v) is 7.56. The van der Waals surface area contributed by atoms with Crippen LogP contribution in [0.1, 0.15) is 96.8 Å². The van der Waals surface area contributed by atoms with E-state index in [-0.39, 0.29) is 18.0 Å². The van der Waals surface area contributed by atoms with Crippen LogP contribution in [0, 0.1) is 0 Å². The molecule has 24 heavy (non-hydrogen) atoms. The summed E-state index contributed by atoms with van der Waals surface area (Å²) >= 11 is 0. The summed E-state index contributed by atoms with van der Waals surface area (Å²) in [4.78, 5) is 11.8. The number of nitrogens with zero attached hydrogens (tertiary/aromatic N) is 2.